The molecule has 1 fully saturated rings. The fraction of sp³-hybridized carbons (Fsp3) is 0.500. The summed E-state index contributed by atoms with van der Waals surface area (Å²) in [5, 5.41) is 3.04. The predicted molar refractivity (Wildman–Crippen MR) is 109 cm³/mol. The molecular formula is C20H28N4O3S. The van der Waals surface area contributed by atoms with Gasteiger partial charge in [0.25, 0.3) is 5.91 Å². The summed E-state index contributed by atoms with van der Waals surface area (Å²) in [6, 6.07) is 7.51. The highest BCUT2D eigenvalue weighted by molar-refractivity contribution is 7.90. The average Bonchev–Trinajstić information content (AvgIpc) is 3.15. The van der Waals surface area contributed by atoms with E-state index in [4.69, 9.17) is 0 Å². The molecular weight excluding hydrogens is 376 g/mol. The Kier molecular flexibility index (Phi) is 5.90. The van der Waals surface area contributed by atoms with E-state index >= 15 is 0 Å². The number of nitrogens with one attached hydrogen (secondary N) is 1. The molecule has 3 rings (SSSR count). The number of piperidine rings is 1. The maximum absolute atomic E-state index is 12.5. The molecule has 28 heavy (non-hydrogen) atoms. The van der Waals surface area contributed by atoms with Crippen LogP contribution in [-0.4, -0.2) is 52.1 Å². The first-order valence-electron chi connectivity index (χ1n) is 9.52. The minimum Gasteiger partial charge on any atom is -0.349 e. The van der Waals surface area contributed by atoms with Gasteiger partial charge in [-0.2, -0.15) is 0 Å². The van der Waals surface area contributed by atoms with E-state index in [0.717, 1.165) is 5.56 Å². The summed E-state index contributed by atoms with van der Waals surface area (Å²) >= 11 is 0. The van der Waals surface area contributed by atoms with Crippen LogP contribution in [-0.2, 0) is 16.6 Å². The fourth-order valence-electron chi connectivity index (χ4n) is 3.25. The summed E-state index contributed by atoms with van der Waals surface area (Å²) in [5.74, 6) is -0.119. The number of carbonyl (C=O) groups excluding carboxylic acids is 1. The van der Waals surface area contributed by atoms with E-state index in [1.54, 1.807) is 37.6 Å². The second-order valence-corrected chi connectivity index (χ2v) is 10.9. The van der Waals surface area contributed by atoms with Crippen LogP contribution >= 0.6 is 0 Å². The van der Waals surface area contributed by atoms with Crippen molar-refractivity contribution in [1.29, 1.82) is 0 Å². The van der Waals surface area contributed by atoms with Crippen LogP contribution in [0, 0.1) is 0 Å². The first kappa shape index (κ1) is 20.5. The van der Waals surface area contributed by atoms with E-state index < -0.39 is 14.8 Å². The Morgan fingerprint density at radius 3 is 2.36 bits per heavy atom. The van der Waals surface area contributed by atoms with Crippen LogP contribution < -0.4 is 5.32 Å². The fourth-order valence-corrected chi connectivity index (χ4v) is 4.72. The molecule has 1 amide bonds. The van der Waals surface area contributed by atoms with Gasteiger partial charge in [0.15, 0.2) is 0 Å². The molecule has 1 saturated heterocycles. The SMILES string of the molecule is CC(C)(C)S(=O)(=O)N1CCC(NC(=O)c2ccc(Cn3ccnc3)cc2)CC1. The van der Waals surface area contributed by atoms with Gasteiger partial charge in [0.2, 0.25) is 10.0 Å². The molecule has 7 nitrogen and oxygen atoms in total. The van der Waals surface area contributed by atoms with E-state index in [0.29, 0.717) is 38.0 Å². The van der Waals surface area contributed by atoms with Crippen LogP contribution in [0.4, 0.5) is 0 Å². The molecule has 152 valence electrons. The maximum Gasteiger partial charge on any atom is 0.251 e. The lowest BCUT2D eigenvalue weighted by atomic mass is 10.1. The highest BCUT2D eigenvalue weighted by Crippen LogP contribution is 2.24. The molecule has 0 bridgehead atoms. The third-order valence-corrected chi connectivity index (χ3v) is 7.64. The lowest BCUT2D eigenvalue weighted by molar-refractivity contribution is 0.0923. The van der Waals surface area contributed by atoms with Gasteiger partial charge in [0.1, 0.15) is 0 Å². The standard InChI is InChI=1S/C20H28N4O3S/c1-20(2,3)28(26,27)24-11-8-18(9-12-24)22-19(25)17-6-4-16(5-7-17)14-23-13-10-21-15-23/h4-7,10,13,15,18H,8-9,11-12,14H2,1-3H3,(H,22,25). The van der Waals surface area contributed by atoms with E-state index in [1.807, 2.05) is 35.0 Å². The zero-order valence-corrected chi connectivity index (χ0v) is 17.4. The van der Waals surface area contributed by atoms with Crippen LogP contribution in [0.15, 0.2) is 43.0 Å². The predicted octanol–water partition coefficient (Wildman–Crippen LogP) is 2.25. The Balaban J connectivity index is 1.53. The van der Waals surface area contributed by atoms with Crippen molar-refractivity contribution in [3.05, 3.63) is 54.1 Å². The van der Waals surface area contributed by atoms with Crippen molar-refractivity contribution in [2.45, 2.75) is 50.9 Å². The number of hydrogen-bond donors (Lipinski definition) is 1. The average molecular weight is 405 g/mol. The van der Waals surface area contributed by atoms with Crippen LogP contribution in [0.1, 0.15) is 49.5 Å². The number of sulfonamides is 1. The van der Waals surface area contributed by atoms with Gasteiger partial charge in [-0.3, -0.25) is 4.79 Å². The van der Waals surface area contributed by atoms with Crippen molar-refractivity contribution in [2.24, 2.45) is 0 Å². The molecule has 0 aliphatic carbocycles. The third-order valence-electron chi connectivity index (χ3n) is 5.04. The van der Waals surface area contributed by atoms with Crippen molar-refractivity contribution in [2.75, 3.05) is 13.1 Å². The van der Waals surface area contributed by atoms with Crippen molar-refractivity contribution in [3.63, 3.8) is 0 Å². The largest absolute Gasteiger partial charge is 0.349 e. The molecule has 0 atom stereocenters. The van der Waals surface area contributed by atoms with Gasteiger partial charge >= 0.3 is 0 Å². The van der Waals surface area contributed by atoms with E-state index in [2.05, 4.69) is 10.3 Å². The van der Waals surface area contributed by atoms with Crippen LogP contribution in [0.2, 0.25) is 0 Å². The van der Waals surface area contributed by atoms with Crippen molar-refractivity contribution in [3.8, 4) is 0 Å². The summed E-state index contributed by atoms with van der Waals surface area (Å²) < 4.78 is 27.8. The summed E-state index contributed by atoms with van der Waals surface area (Å²) in [6.07, 6.45) is 6.64. The van der Waals surface area contributed by atoms with Crippen LogP contribution in [0.5, 0.6) is 0 Å². The van der Waals surface area contributed by atoms with E-state index in [1.165, 1.54) is 0 Å². The lowest BCUT2D eigenvalue weighted by Crippen LogP contribution is -2.50. The molecule has 1 aliphatic rings. The zero-order valence-electron chi connectivity index (χ0n) is 16.6. The molecule has 0 saturated carbocycles. The summed E-state index contributed by atoms with van der Waals surface area (Å²) in [6.45, 7) is 6.73. The first-order chi connectivity index (χ1) is 13.2. The number of aromatic nitrogens is 2. The Labute approximate surface area is 166 Å². The number of amides is 1. The third kappa shape index (κ3) is 4.62. The Morgan fingerprint density at radius 2 is 1.82 bits per heavy atom. The second kappa shape index (κ2) is 8.05. The second-order valence-electron chi connectivity index (χ2n) is 8.20. The summed E-state index contributed by atoms with van der Waals surface area (Å²) in [5.41, 5.74) is 1.70. The topological polar surface area (TPSA) is 84.3 Å². The summed E-state index contributed by atoms with van der Waals surface area (Å²) in [4.78, 5) is 16.5. The molecule has 0 spiro atoms. The van der Waals surface area contributed by atoms with Crippen LogP contribution in [0.25, 0.3) is 0 Å². The molecule has 0 unspecified atom stereocenters. The highest BCUT2D eigenvalue weighted by atomic mass is 32.2. The van der Waals surface area contributed by atoms with Gasteiger partial charge in [-0.15, -0.1) is 0 Å². The highest BCUT2D eigenvalue weighted by Gasteiger charge is 2.37. The number of imidazole rings is 1. The maximum atomic E-state index is 12.5. The molecule has 1 aromatic carbocycles. The monoisotopic (exact) mass is 404 g/mol. The van der Waals surface area contributed by atoms with Gasteiger partial charge in [0, 0.05) is 43.6 Å². The number of benzene rings is 1. The van der Waals surface area contributed by atoms with E-state index in [9.17, 15) is 13.2 Å². The number of hydrogen-bond acceptors (Lipinski definition) is 4. The smallest absolute Gasteiger partial charge is 0.251 e. The number of nitrogens with zero attached hydrogens (tertiary/aromatic N) is 3. The molecule has 2 heterocycles. The van der Waals surface area contributed by atoms with Gasteiger partial charge < -0.3 is 9.88 Å². The Bertz CT molecular complexity index is 892. The number of rotatable bonds is 5. The summed E-state index contributed by atoms with van der Waals surface area (Å²) in [7, 11) is -3.32. The minimum absolute atomic E-state index is 0.00968. The van der Waals surface area contributed by atoms with Crippen molar-refractivity contribution in [1.82, 2.24) is 19.2 Å². The first-order valence-corrected chi connectivity index (χ1v) is 11.0. The van der Waals surface area contributed by atoms with Gasteiger partial charge in [-0.05, 0) is 51.3 Å². The van der Waals surface area contributed by atoms with E-state index in [-0.39, 0.29) is 11.9 Å². The molecule has 1 N–H and O–H groups in total. The molecule has 1 aliphatic heterocycles. The van der Waals surface area contributed by atoms with Gasteiger partial charge in [0.05, 0.1) is 11.1 Å². The normalized spacial score (nSPS) is 16.8. The zero-order chi connectivity index (χ0) is 20.4. The molecule has 8 heteroatoms. The van der Waals surface area contributed by atoms with Crippen molar-refractivity contribution < 1.29 is 13.2 Å². The van der Waals surface area contributed by atoms with Crippen molar-refractivity contribution >= 4 is 15.9 Å². The number of carbonyl (C=O) groups is 1. The molecule has 2 aromatic rings. The lowest BCUT2D eigenvalue weighted by Gasteiger charge is -2.35. The molecule has 1 aromatic heterocycles. The quantitative estimate of drug-likeness (QED) is 0.828. The Hall–Kier alpha value is -2.19. The van der Waals surface area contributed by atoms with Crippen LogP contribution in [0.3, 0.4) is 0 Å². The molecule has 0 radical (unpaired) electrons. The Morgan fingerprint density at radius 1 is 1.18 bits per heavy atom. The minimum atomic E-state index is -3.32. The van der Waals surface area contributed by atoms with Gasteiger partial charge in [-0.25, -0.2) is 17.7 Å². The van der Waals surface area contributed by atoms with Gasteiger partial charge in [-0.1, -0.05) is 12.1 Å².